The van der Waals surface area contributed by atoms with Gasteiger partial charge in [-0.25, -0.2) is 4.57 Å². The average Bonchev–Trinajstić information content (AvgIpc) is 2.32. The minimum absolute atomic E-state index is 0.294. The molecule has 1 aliphatic rings. The molecule has 1 saturated carbocycles. The zero-order valence-electron chi connectivity index (χ0n) is 6.72. The van der Waals surface area contributed by atoms with E-state index in [4.69, 9.17) is 15.5 Å². The fourth-order valence-corrected chi connectivity index (χ4v) is 3.76. The van der Waals surface area contributed by atoms with E-state index in [1.54, 1.807) is 0 Å². The minimum atomic E-state index is -3.98. The van der Waals surface area contributed by atoms with Crippen LogP contribution in [0.25, 0.3) is 0 Å². The predicted octanol–water partition coefficient (Wildman–Crippen LogP) is 1.29. The third-order valence-electron chi connectivity index (χ3n) is 2.12. The molecule has 0 aromatic carbocycles. The van der Waals surface area contributed by atoms with Gasteiger partial charge in [0.15, 0.2) is 0 Å². The van der Waals surface area contributed by atoms with Gasteiger partial charge in [0.1, 0.15) is 0 Å². The van der Waals surface area contributed by atoms with E-state index in [1.165, 1.54) is 0 Å². The van der Waals surface area contributed by atoms with Crippen LogP contribution in [-0.4, -0.2) is 15.2 Å². The second kappa shape index (κ2) is 4.11. The number of hydrogen-bond acceptors (Lipinski definition) is 3. The number of rotatable bonds is 3. The van der Waals surface area contributed by atoms with Crippen LogP contribution in [0, 0.1) is 5.92 Å². The maximum Gasteiger partial charge on any atom is 0.385 e. The lowest BCUT2D eigenvalue weighted by Gasteiger charge is -2.17. The van der Waals surface area contributed by atoms with Gasteiger partial charge in [0.05, 0.1) is 5.37 Å². The van der Waals surface area contributed by atoms with E-state index in [2.05, 4.69) is 0 Å². The van der Waals surface area contributed by atoms with E-state index in [9.17, 15) is 4.57 Å². The van der Waals surface area contributed by atoms with Crippen molar-refractivity contribution in [1.82, 2.24) is 0 Å². The average molecular weight is 211 g/mol. The standard InChI is InChI=1S/C6H14NO3PS/c7-6(12-11(8,9)10)5-3-1-2-4-5/h5-6H,1-4,7H2,(H2,8,9,10). The third-order valence-corrected chi connectivity index (χ3v) is 4.58. The summed E-state index contributed by atoms with van der Waals surface area (Å²) in [6.45, 7) is -3.98. The number of hydrogen-bond donors (Lipinski definition) is 3. The first-order valence-corrected chi connectivity index (χ1v) is 7.08. The van der Waals surface area contributed by atoms with Gasteiger partial charge in [0.2, 0.25) is 0 Å². The van der Waals surface area contributed by atoms with Gasteiger partial charge in [0.25, 0.3) is 0 Å². The van der Waals surface area contributed by atoms with Crippen molar-refractivity contribution in [2.24, 2.45) is 11.7 Å². The number of nitrogens with two attached hydrogens (primary N) is 1. The van der Waals surface area contributed by atoms with Gasteiger partial charge in [0, 0.05) is 0 Å². The fourth-order valence-electron chi connectivity index (χ4n) is 1.53. The van der Waals surface area contributed by atoms with Crippen LogP contribution in [-0.2, 0) is 4.57 Å². The Balaban J connectivity index is 2.37. The SMILES string of the molecule is NC(SP(=O)(O)O)C1CCCC1. The molecule has 0 aromatic rings. The highest BCUT2D eigenvalue weighted by Gasteiger charge is 2.28. The van der Waals surface area contributed by atoms with Crippen LogP contribution in [0.2, 0.25) is 0 Å². The second-order valence-corrected chi connectivity index (χ2v) is 6.90. The topological polar surface area (TPSA) is 83.6 Å². The fraction of sp³-hybridized carbons (Fsp3) is 1.00. The van der Waals surface area contributed by atoms with Crippen LogP contribution in [0.15, 0.2) is 0 Å². The van der Waals surface area contributed by atoms with Gasteiger partial charge in [-0.05, 0) is 30.1 Å². The molecule has 1 unspecified atom stereocenters. The Morgan fingerprint density at radius 3 is 2.33 bits per heavy atom. The summed E-state index contributed by atoms with van der Waals surface area (Å²) in [5.74, 6) is 0.294. The van der Waals surface area contributed by atoms with Gasteiger partial charge in [-0.2, -0.15) is 0 Å². The Bertz CT molecular complexity index is 189. The van der Waals surface area contributed by atoms with E-state index in [0.717, 1.165) is 25.7 Å². The highest BCUT2D eigenvalue weighted by molar-refractivity contribution is 8.54. The van der Waals surface area contributed by atoms with E-state index in [-0.39, 0.29) is 0 Å². The summed E-state index contributed by atoms with van der Waals surface area (Å²) in [6.07, 6.45) is 4.29. The van der Waals surface area contributed by atoms with Crippen LogP contribution in [0.1, 0.15) is 25.7 Å². The van der Waals surface area contributed by atoms with Crippen molar-refractivity contribution < 1.29 is 14.4 Å². The van der Waals surface area contributed by atoms with Gasteiger partial charge in [-0.1, -0.05) is 12.8 Å². The van der Waals surface area contributed by atoms with Crippen LogP contribution >= 0.6 is 18.2 Å². The molecule has 72 valence electrons. The van der Waals surface area contributed by atoms with E-state index < -0.39 is 12.2 Å². The highest BCUT2D eigenvalue weighted by atomic mass is 32.7. The quantitative estimate of drug-likeness (QED) is 0.484. The minimum Gasteiger partial charge on any atom is -0.319 e. The normalized spacial score (nSPS) is 22.9. The van der Waals surface area contributed by atoms with Crippen molar-refractivity contribution in [3.63, 3.8) is 0 Å². The van der Waals surface area contributed by atoms with Gasteiger partial charge in [-0.15, -0.1) is 0 Å². The first kappa shape index (κ1) is 10.5. The van der Waals surface area contributed by atoms with E-state index in [0.29, 0.717) is 17.3 Å². The smallest absolute Gasteiger partial charge is 0.319 e. The molecular weight excluding hydrogens is 197 g/mol. The van der Waals surface area contributed by atoms with Crippen molar-refractivity contribution >= 4 is 18.2 Å². The van der Waals surface area contributed by atoms with Crippen LogP contribution < -0.4 is 5.73 Å². The summed E-state index contributed by atoms with van der Waals surface area (Å²) >= 11 is 0.598. The molecule has 0 radical (unpaired) electrons. The van der Waals surface area contributed by atoms with Crippen molar-refractivity contribution in [1.29, 1.82) is 0 Å². The highest BCUT2D eigenvalue weighted by Crippen LogP contribution is 2.54. The Labute approximate surface area is 75.8 Å². The summed E-state index contributed by atoms with van der Waals surface area (Å²) in [7, 11) is 0. The Morgan fingerprint density at radius 1 is 1.42 bits per heavy atom. The summed E-state index contributed by atoms with van der Waals surface area (Å²) < 4.78 is 10.6. The maximum absolute atomic E-state index is 10.6. The summed E-state index contributed by atoms with van der Waals surface area (Å²) in [4.78, 5) is 17.3. The molecule has 1 aliphatic carbocycles. The molecule has 1 fully saturated rings. The van der Waals surface area contributed by atoms with E-state index in [1.807, 2.05) is 0 Å². The first-order valence-electron chi connectivity index (χ1n) is 3.98. The zero-order chi connectivity index (χ0) is 9.19. The summed E-state index contributed by atoms with van der Waals surface area (Å²) in [5, 5.41) is -0.395. The lowest BCUT2D eigenvalue weighted by Crippen LogP contribution is -2.24. The van der Waals surface area contributed by atoms with Crippen molar-refractivity contribution in [2.75, 3.05) is 0 Å². The van der Waals surface area contributed by atoms with E-state index >= 15 is 0 Å². The largest absolute Gasteiger partial charge is 0.385 e. The zero-order valence-corrected chi connectivity index (χ0v) is 8.43. The molecule has 0 bridgehead atoms. The lowest BCUT2D eigenvalue weighted by atomic mass is 10.1. The Hall–Kier alpha value is 0.460. The molecule has 1 rings (SSSR count). The molecule has 12 heavy (non-hydrogen) atoms. The first-order chi connectivity index (χ1) is 5.49. The molecule has 0 saturated heterocycles. The molecule has 0 spiro atoms. The molecular formula is C6H14NO3PS. The molecule has 0 aromatic heterocycles. The van der Waals surface area contributed by atoms with Crippen LogP contribution in [0.3, 0.4) is 0 Å². The van der Waals surface area contributed by atoms with Crippen molar-refractivity contribution in [2.45, 2.75) is 31.1 Å². The summed E-state index contributed by atoms with van der Waals surface area (Å²) in [5.41, 5.74) is 5.64. The lowest BCUT2D eigenvalue weighted by molar-refractivity contribution is 0.395. The predicted molar refractivity (Wildman–Crippen MR) is 49.6 cm³/mol. The maximum atomic E-state index is 10.6. The second-order valence-electron chi connectivity index (χ2n) is 3.11. The van der Waals surface area contributed by atoms with Gasteiger partial charge in [-0.3, -0.25) is 0 Å². The van der Waals surface area contributed by atoms with Crippen molar-refractivity contribution in [3.05, 3.63) is 0 Å². The van der Waals surface area contributed by atoms with Gasteiger partial charge < -0.3 is 15.5 Å². The van der Waals surface area contributed by atoms with Crippen molar-refractivity contribution in [3.8, 4) is 0 Å². The molecule has 0 heterocycles. The molecule has 0 amide bonds. The van der Waals surface area contributed by atoms with Gasteiger partial charge >= 0.3 is 6.80 Å². The molecule has 0 aliphatic heterocycles. The summed E-state index contributed by atoms with van der Waals surface area (Å²) in [6, 6.07) is 0. The molecule has 1 atom stereocenters. The molecule has 6 heteroatoms. The third kappa shape index (κ3) is 3.46. The Kier molecular flexibility index (Phi) is 3.61. The monoisotopic (exact) mass is 211 g/mol. The van der Waals surface area contributed by atoms with Crippen LogP contribution in [0.5, 0.6) is 0 Å². The van der Waals surface area contributed by atoms with Crippen LogP contribution in [0.4, 0.5) is 0 Å². The Morgan fingerprint density at radius 2 is 1.92 bits per heavy atom. The molecule has 4 N–H and O–H groups in total. The molecule has 4 nitrogen and oxygen atoms in total.